The molecule has 156 valence electrons. The quantitative estimate of drug-likeness (QED) is 0.470. The fraction of sp³-hybridized carbons (Fsp3) is 0.0385. The summed E-state index contributed by atoms with van der Waals surface area (Å²) < 4.78 is 13.5. The summed E-state index contributed by atoms with van der Waals surface area (Å²) >= 11 is 0. The van der Waals surface area contributed by atoms with Crippen molar-refractivity contribution in [3.63, 3.8) is 0 Å². The van der Waals surface area contributed by atoms with Crippen molar-refractivity contribution in [1.82, 2.24) is 9.88 Å². The molecule has 1 aliphatic rings. The van der Waals surface area contributed by atoms with E-state index >= 15 is 0 Å². The molecule has 0 saturated carbocycles. The second-order valence-corrected chi connectivity index (χ2v) is 7.47. The number of anilines is 1. The molecule has 0 radical (unpaired) electrons. The van der Waals surface area contributed by atoms with Crippen LogP contribution in [0.2, 0.25) is 0 Å². The molecule has 0 aliphatic carbocycles. The molecule has 32 heavy (non-hydrogen) atoms. The molecular weight excluding hydrogens is 405 g/mol. The van der Waals surface area contributed by atoms with E-state index in [1.54, 1.807) is 24.5 Å². The highest BCUT2D eigenvalue weighted by molar-refractivity contribution is 6.36. The van der Waals surface area contributed by atoms with Crippen LogP contribution in [-0.2, 0) is 16.1 Å². The molecule has 5 rings (SSSR count). The zero-order chi connectivity index (χ0) is 22.1. The van der Waals surface area contributed by atoms with Crippen LogP contribution in [0.1, 0.15) is 11.1 Å². The molecular formula is C26H18FN3O2. The predicted octanol–water partition coefficient (Wildman–Crippen LogP) is 4.77. The van der Waals surface area contributed by atoms with Crippen LogP contribution in [0.3, 0.4) is 0 Å². The smallest absolute Gasteiger partial charge is 0.278 e. The van der Waals surface area contributed by atoms with E-state index in [4.69, 9.17) is 0 Å². The van der Waals surface area contributed by atoms with E-state index in [0.717, 1.165) is 16.3 Å². The van der Waals surface area contributed by atoms with Gasteiger partial charge in [-0.1, -0.05) is 54.6 Å². The maximum atomic E-state index is 13.5. The van der Waals surface area contributed by atoms with Gasteiger partial charge in [0.25, 0.3) is 11.8 Å². The third-order valence-corrected chi connectivity index (χ3v) is 5.41. The number of hydrogen-bond acceptors (Lipinski definition) is 4. The molecule has 0 atom stereocenters. The predicted molar refractivity (Wildman–Crippen MR) is 121 cm³/mol. The van der Waals surface area contributed by atoms with E-state index < -0.39 is 17.6 Å². The fourth-order valence-corrected chi connectivity index (χ4v) is 3.86. The summed E-state index contributed by atoms with van der Waals surface area (Å²) in [5, 5.41) is 5.13. The topological polar surface area (TPSA) is 62.3 Å². The highest BCUT2D eigenvalue weighted by atomic mass is 19.1. The summed E-state index contributed by atoms with van der Waals surface area (Å²) in [6, 6.07) is 22.6. The minimum atomic E-state index is -0.439. The molecule has 1 aliphatic heterocycles. The van der Waals surface area contributed by atoms with Gasteiger partial charge in [-0.25, -0.2) is 4.39 Å². The molecule has 0 unspecified atom stereocenters. The second-order valence-electron chi connectivity index (χ2n) is 7.47. The number of carbonyl (C=O) groups is 2. The van der Waals surface area contributed by atoms with Crippen LogP contribution >= 0.6 is 0 Å². The van der Waals surface area contributed by atoms with E-state index in [1.165, 1.54) is 29.2 Å². The summed E-state index contributed by atoms with van der Waals surface area (Å²) in [6.07, 6.45) is 3.25. The van der Waals surface area contributed by atoms with Crippen LogP contribution in [-0.4, -0.2) is 21.7 Å². The zero-order valence-electron chi connectivity index (χ0n) is 17.0. The van der Waals surface area contributed by atoms with Gasteiger partial charge in [-0.2, -0.15) is 0 Å². The lowest BCUT2D eigenvalue weighted by Gasteiger charge is -2.15. The number of halogens is 1. The van der Waals surface area contributed by atoms with Gasteiger partial charge in [-0.05, 0) is 40.8 Å². The highest BCUT2D eigenvalue weighted by Gasteiger charge is 2.39. The number of carbonyl (C=O) groups excluding carboxylic acids is 2. The summed E-state index contributed by atoms with van der Waals surface area (Å²) in [7, 11) is 0. The molecule has 4 aromatic rings. The summed E-state index contributed by atoms with van der Waals surface area (Å²) in [6.45, 7) is 0.0942. The van der Waals surface area contributed by atoms with Gasteiger partial charge >= 0.3 is 0 Å². The first kappa shape index (κ1) is 19.6. The Labute approximate surface area is 183 Å². The number of amides is 2. The van der Waals surface area contributed by atoms with Crippen molar-refractivity contribution in [1.29, 1.82) is 0 Å². The maximum Gasteiger partial charge on any atom is 0.278 e. The fourth-order valence-electron chi connectivity index (χ4n) is 3.86. The Hall–Kier alpha value is -4.32. The second kappa shape index (κ2) is 8.07. The van der Waals surface area contributed by atoms with Gasteiger partial charge in [-0.3, -0.25) is 19.5 Å². The lowest BCUT2D eigenvalue weighted by Crippen LogP contribution is -2.32. The Morgan fingerprint density at radius 3 is 2.41 bits per heavy atom. The number of pyridine rings is 1. The average Bonchev–Trinajstić information content (AvgIpc) is 3.05. The molecule has 2 amide bonds. The van der Waals surface area contributed by atoms with E-state index in [1.807, 2.05) is 42.5 Å². The number of aromatic nitrogens is 1. The summed E-state index contributed by atoms with van der Waals surface area (Å²) in [5.74, 6) is -1.29. The molecule has 0 saturated heterocycles. The van der Waals surface area contributed by atoms with Gasteiger partial charge < -0.3 is 5.32 Å². The van der Waals surface area contributed by atoms with Crippen LogP contribution in [0, 0.1) is 5.82 Å². The van der Waals surface area contributed by atoms with Crippen molar-refractivity contribution in [2.75, 3.05) is 5.32 Å². The van der Waals surface area contributed by atoms with Gasteiger partial charge in [0.1, 0.15) is 11.5 Å². The molecule has 2 heterocycles. The minimum absolute atomic E-state index is 0.0942. The molecule has 0 bridgehead atoms. The van der Waals surface area contributed by atoms with Crippen molar-refractivity contribution in [2.45, 2.75) is 6.54 Å². The van der Waals surface area contributed by atoms with Gasteiger partial charge in [0.2, 0.25) is 0 Å². The van der Waals surface area contributed by atoms with Gasteiger partial charge in [0.05, 0.1) is 12.1 Å². The largest absolute Gasteiger partial charge is 0.350 e. The first-order chi connectivity index (χ1) is 15.6. The van der Waals surface area contributed by atoms with E-state index in [9.17, 15) is 14.0 Å². The molecule has 6 heteroatoms. The molecule has 0 spiro atoms. The molecule has 3 aromatic carbocycles. The Kier molecular flexibility index (Phi) is 4.95. The van der Waals surface area contributed by atoms with Crippen molar-refractivity contribution >= 4 is 33.8 Å². The van der Waals surface area contributed by atoms with Gasteiger partial charge in [-0.15, -0.1) is 0 Å². The Balaban J connectivity index is 1.60. The van der Waals surface area contributed by atoms with Crippen LogP contribution in [0.25, 0.3) is 16.3 Å². The number of benzene rings is 3. The van der Waals surface area contributed by atoms with Crippen molar-refractivity contribution < 1.29 is 14.0 Å². The standard InChI is InChI=1S/C26H18FN3O2/c27-20-12-10-19(11-13-20)23-24(29-22-9-3-7-18-6-1-2-8-21(18)22)26(32)30(25(23)31)16-17-5-4-14-28-15-17/h1-15,29H,16H2. The number of hydrogen-bond donors (Lipinski definition) is 1. The maximum absolute atomic E-state index is 13.5. The molecule has 1 aromatic heterocycles. The number of nitrogens with zero attached hydrogens (tertiary/aromatic N) is 2. The van der Waals surface area contributed by atoms with Crippen molar-refractivity contribution in [3.05, 3.63) is 114 Å². The van der Waals surface area contributed by atoms with Crippen molar-refractivity contribution in [3.8, 4) is 0 Å². The number of nitrogens with one attached hydrogen (secondary N) is 1. The highest BCUT2D eigenvalue weighted by Crippen LogP contribution is 2.33. The lowest BCUT2D eigenvalue weighted by atomic mass is 10.0. The Bertz CT molecular complexity index is 1360. The first-order valence-corrected chi connectivity index (χ1v) is 10.1. The van der Waals surface area contributed by atoms with Gasteiger partial charge in [0.15, 0.2) is 0 Å². The minimum Gasteiger partial charge on any atom is -0.350 e. The van der Waals surface area contributed by atoms with Crippen molar-refractivity contribution in [2.24, 2.45) is 0 Å². The first-order valence-electron chi connectivity index (χ1n) is 10.1. The van der Waals surface area contributed by atoms with E-state index in [-0.39, 0.29) is 17.8 Å². The van der Waals surface area contributed by atoms with Gasteiger partial charge in [0, 0.05) is 23.5 Å². The van der Waals surface area contributed by atoms with E-state index in [2.05, 4.69) is 10.3 Å². The lowest BCUT2D eigenvalue weighted by molar-refractivity contribution is -0.137. The van der Waals surface area contributed by atoms with Crippen LogP contribution < -0.4 is 5.32 Å². The number of rotatable bonds is 5. The monoisotopic (exact) mass is 423 g/mol. The van der Waals surface area contributed by atoms with Crippen LogP contribution in [0.4, 0.5) is 10.1 Å². The normalized spacial score (nSPS) is 13.8. The molecule has 0 fully saturated rings. The third-order valence-electron chi connectivity index (χ3n) is 5.41. The average molecular weight is 423 g/mol. The Morgan fingerprint density at radius 1 is 0.844 bits per heavy atom. The number of fused-ring (bicyclic) bond motifs is 1. The van der Waals surface area contributed by atoms with Crippen LogP contribution in [0.5, 0.6) is 0 Å². The van der Waals surface area contributed by atoms with E-state index in [0.29, 0.717) is 11.3 Å². The zero-order valence-corrected chi connectivity index (χ0v) is 17.0. The Morgan fingerprint density at radius 2 is 1.62 bits per heavy atom. The molecule has 1 N–H and O–H groups in total. The summed E-state index contributed by atoms with van der Waals surface area (Å²) in [4.78, 5) is 32.0. The van der Waals surface area contributed by atoms with Crippen LogP contribution in [0.15, 0.2) is 97.0 Å². The molecule has 5 nitrogen and oxygen atoms in total. The summed E-state index contributed by atoms with van der Waals surface area (Å²) in [5.41, 5.74) is 2.30. The number of imide groups is 1. The third kappa shape index (κ3) is 3.52. The SMILES string of the molecule is O=C1C(Nc2cccc3ccccc23)=C(c2ccc(F)cc2)C(=O)N1Cc1cccnc1.